The number of likely N-dealkylation sites (tertiary alicyclic amines) is 1. The summed E-state index contributed by atoms with van der Waals surface area (Å²) >= 11 is 1.68. The molecule has 2 aromatic heterocycles. The fraction of sp³-hybridized carbons (Fsp3) is 0.316. The van der Waals surface area contributed by atoms with Crippen LogP contribution in [-0.2, 0) is 4.79 Å². The van der Waals surface area contributed by atoms with Crippen molar-refractivity contribution in [3.63, 3.8) is 0 Å². The number of rotatable bonds is 4. The van der Waals surface area contributed by atoms with Gasteiger partial charge in [0, 0.05) is 23.1 Å². The van der Waals surface area contributed by atoms with E-state index in [1.165, 1.54) is 0 Å². The molecular formula is C19H22B2N4OS. The lowest BCUT2D eigenvalue weighted by atomic mass is 9.60. The summed E-state index contributed by atoms with van der Waals surface area (Å²) in [5.74, 6) is 0.586. The van der Waals surface area contributed by atoms with Crippen LogP contribution in [0.25, 0.3) is 21.2 Å². The molecule has 27 heavy (non-hydrogen) atoms. The lowest BCUT2D eigenvalue weighted by Crippen LogP contribution is -2.57. The molecule has 3 heterocycles. The van der Waals surface area contributed by atoms with Crippen molar-refractivity contribution in [3.05, 3.63) is 41.7 Å². The second-order valence-corrected chi connectivity index (χ2v) is 8.82. The number of carbonyl (C=O) groups excluding carboxylic acids is 1. The molecule has 3 aromatic rings. The molecule has 0 radical (unpaired) electrons. The standard InChI is InChI=1S/C19H22B2N4OS/c1-12-22-11-16(27-12)13-4-5-14-10-23-17(9-15(14)8-13)24-18(26)19(20,21)25-6-2-3-7-25/h4-5,8-11H,2-3,6-7,20-21H2,1H3,(H,23,24,26). The van der Waals surface area contributed by atoms with E-state index >= 15 is 0 Å². The van der Waals surface area contributed by atoms with E-state index in [1.54, 1.807) is 11.3 Å². The Morgan fingerprint density at radius 2 is 1.93 bits per heavy atom. The number of carbonyl (C=O) groups is 1. The SMILES string of the molecule is BC(B)(C(=O)Nc1cc2cc(-c3cnc(C)s3)ccc2cn1)N1CCCC1. The third-order valence-electron chi connectivity index (χ3n) is 5.32. The van der Waals surface area contributed by atoms with Crippen LogP contribution in [0.2, 0.25) is 0 Å². The van der Waals surface area contributed by atoms with Gasteiger partial charge in [-0.2, -0.15) is 0 Å². The Balaban J connectivity index is 1.59. The number of benzene rings is 1. The van der Waals surface area contributed by atoms with Gasteiger partial charge in [-0.15, -0.1) is 11.3 Å². The monoisotopic (exact) mass is 376 g/mol. The highest BCUT2D eigenvalue weighted by atomic mass is 32.1. The Kier molecular flexibility index (Phi) is 4.78. The summed E-state index contributed by atoms with van der Waals surface area (Å²) in [5, 5.41) is 5.64. The third kappa shape index (κ3) is 3.64. The fourth-order valence-corrected chi connectivity index (χ4v) is 4.32. The number of nitrogens with one attached hydrogen (secondary N) is 1. The predicted molar refractivity (Wildman–Crippen MR) is 117 cm³/mol. The van der Waals surface area contributed by atoms with Crippen LogP contribution in [0.4, 0.5) is 5.82 Å². The molecule has 1 aliphatic heterocycles. The summed E-state index contributed by atoms with van der Waals surface area (Å²) < 4.78 is 0. The summed E-state index contributed by atoms with van der Waals surface area (Å²) in [7, 11) is 3.97. The minimum absolute atomic E-state index is 0.00881. The van der Waals surface area contributed by atoms with Gasteiger partial charge in [0.1, 0.15) is 21.5 Å². The first-order valence-corrected chi connectivity index (χ1v) is 10.1. The zero-order valence-corrected chi connectivity index (χ0v) is 16.8. The van der Waals surface area contributed by atoms with Crippen LogP contribution >= 0.6 is 11.3 Å². The Bertz CT molecular complexity index is 998. The number of hydrogen-bond donors (Lipinski definition) is 1. The zero-order valence-electron chi connectivity index (χ0n) is 16.0. The highest BCUT2D eigenvalue weighted by molar-refractivity contribution is 7.15. The van der Waals surface area contributed by atoms with Crippen LogP contribution in [-0.4, -0.2) is 54.9 Å². The average molecular weight is 376 g/mol. The Morgan fingerprint density at radius 3 is 2.63 bits per heavy atom. The number of thiazole rings is 1. The Hall–Kier alpha value is -2.18. The minimum atomic E-state index is -0.533. The molecule has 4 rings (SSSR count). The van der Waals surface area contributed by atoms with Crippen molar-refractivity contribution < 1.29 is 4.79 Å². The van der Waals surface area contributed by atoms with Gasteiger partial charge in [-0.05, 0) is 55.9 Å². The summed E-state index contributed by atoms with van der Waals surface area (Å²) in [4.78, 5) is 25.0. The molecule has 0 unspecified atom stereocenters. The number of aryl methyl sites for hydroxylation is 1. The van der Waals surface area contributed by atoms with E-state index < -0.39 is 5.34 Å². The zero-order chi connectivity index (χ0) is 19.0. The summed E-state index contributed by atoms with van der Waals surface area (Å²) in [6.45, 7) is 3.96. The lowest BCUT2D eigenvalue weighted by molar-refractivity contribution is -0.120. The predicted octanol–water partition coefficient (Wildman–Crippen LogP) is 1.62. The van der Waals surface area contributed by atoms with Crippen LogP contribution in [0.1, 0.15) is 17.8 Å². The molecule has 0 bridgehead atoms. The number of aromatic nitrogens is 2. The minimum Gasteiger partial charge on any atom is -0.310 e. The molecule has 0 saturated carbocycles. The molecule has 136 valence electrons. The van der Waals surface area contributed by atoms with Gasteiger partial charge in [0.2, 0.25) is 5.91 Å². The number of anilines is 1. The maximum absolute atomic E-state index is 12.8. The van der Waals surface area contributed by atoms with E-state index in [1.807, 2.05) is 41.1 Å². The van der Waals surface area contributed by atoms with Crippen molar-refractivity contribution in [1.82, 2.24) is 14.9 Å². The van der Waals surface area contributed by atoms with Gasteiger partial charge >= 0.3 is 0 Å². The van der Waals surface area contributed by atoms with Gasteiger partial charge in [-0.3, -0.25) is 4.79 Å². The number of hydrogen-bond acceptors (Lipinski definition) is 5. The van der Waals surface area contributed by atoms with Crippen molar-refractivity contribution in [2.75, 3.05) is 18.4 Å². The van der Waals surface area contributed by atoms with E-state index in [-0.39, 0.29) is 5.91 Å². The highest BCUT2D eigenvalue weighted by Crippen LogP contribution is 2.29. The van der Waals surface area contributed by atoms with Crippen molar-refractivity contribution in [3.8, 4) is 10.4 Å². The van der Waals surface area contributed by atoms with Crippen molar-refractivity contribution >= 4 is 49.5 Å². The number of amides is 1. The molecule has 1 N–H and O–H groups in total. The van der Waals surface area contributed by atoms with E-state index in [4.69, 9.17) is 0 Å². The maximum Gasteiger partial charge on any atom is 0.229 e. The van der Waals surface area contributed by atoms with E-state index in [9.17, 15) is 4.79 Å². The Morgan fingerprint density at radius 1 is 1.15 bits per heavy atom. The smallest absolute Gasteiger partial charge is 0.229 e. The largest absolute Gasteiger partial charge is 0.310 e. The second-order valence-electron chi connectivity index (χ2n) is 7.58. The molecule has 5 nitrogen and oxygen atoms in total. The molecule has 0 aliphatic carbocycles. The first-order chi connectivity index (χ1) is 12.9. The quantitative estimate of drug-likeness (QED) is 0.704. The summed E-state index contributed by atoms with van der Waals surface area (Å²) in [6.07, 6.45) is 6.04. The molecule has 1 fully saturated rings. The molecule has 1 amide bonds. The van der Waals surface area contributed by atoms with Crippen LogP contribution in [0, 0.1) is 6.92 Å². The van der Waals surface area contributed by atoms with E-state index in [0.717, 1.165) is 52.2 Å². The molecule has 0 spiro atoms. The third-order valence-corrected chi connectivity index (χ3v) is 6.28. The van der Waals surface area contributed by atoms with Gasteiger partial charge in [0.25, 0.3) is 0 Å². The lowest BCUT2D eigenvalue weighted by Gasteiger charge is -2.34. The van der Waals surface area contributed by atoms with Gasteiger partial charge < -0.3 is 10.2 Å². The summed E-state index contributed by atoms with van der Waals surface area (Å²) in [5.41, 5.74) is 1.13. The average Bonchev–Trinajstić information content (AvgIpc) is 3.33. The summed E-state index contributed by atoms with van der Waals surface area (Å²) in [6, 6.07) is 8.23. The van der Waals surface area contributed by atoms with Gasteiger partial charge in [0.15, 0.2) is 0 Å². The molecule has 1 saturated heterocycles. The molecule has 1 aliphatic rings. The molecule has 0 atom stereocenters. The number of fused-ring (bicyclic) bond motifs is 1. The van der Waals surface area contributed by atoms with Crippen molar-refractivity contribution in [2.45, 2.75) is 25.1 Å². The number of pyridine rings is 1. The van der Waals surface area contributed by atoms with E-state index in [2.05, 4.69) is 38.4 Å². The van der Waals surface area contributed by atoms with E-state index in [0.29, 0.717) is 5.82 Å². The van der Waals surface area contributed by atoms with Gasteiger partial charge in [-0.1, -0.05) is 12.1 Å². The molecule has 1 aromatic carbocycles. The van der Waals surface area contributed by atoms with Crippen molar-refractivity contribution in [1.29, 1.82) is 0 Å². The van der Waals surface area contributed by atoms with Crippen LogP contribution in [0.3, 0.4) is 0 Å². The maximum atomic E-state index is 12.8. The fourth-order valence-electron chi connectivity index (χ4n) is 3.55. The first-order valence-electron chi connectivity index (χ1n) is 9.32. The Labute approximate surface area is 165 Å². The van der Waals surface area contributed by atoms with Gasteiger partial charge in [0.05, 0.1) is 9.88 Å². The van der Waals surface area contributed by atoms with Crippen LogP contribution < -0.4 is 5.32 Å². The molecule has 8 heteroatoms. The normalized spacial score (nSPS) is 15.3. The topological polar surface area (TPSA) is 58.1 Å². The number of nitrogens with zero attached hydrogens (tertiary/aromatic N) is 3. The van der Waals surface area contributed by atoms with Crippen molar-refractivity contribution in [2.24, 2.45) is 0 Å². The van der Waals surface area contributed by atoms with Crippen LogP contribution in [0.15, 0.2) is 36.7 Å². The van der Waals surface area contributed by atoms with Gasteiger partial charge in [-0.25, -0.2) is 9.97 Å². The first kappa shape index (κ1) is 18.2. The van der Waals surface area contributed by atoms with Crippen LogP contribution in [0.5, 0.6) is 0 Å². The molecular weight excluding hydrogens is 354 g/mol. The second kappa shape index (κ2) is 7.09. The highest BCUT2D eigenvalue weighted by Gasteiger charge is 2.35.